The van der Waals surface area contributed by atoms with Gasteiger partial charge in [0, 0.05) is 18.9 Å². The first kappa shape index (κ1) is 9.71. The van der Waals surface area contributed by atoms with Gasteiger partial charge >= 0.3 is 0 Å². The van der Waals surface area contributed by atoms with Crippen LogP contribution in [0.2, 0.25) is 0 Å². The Bertz CT molecular complexity index is 229. The van der Waals surface area contributed by atoms with Crippen molar-refractivity contribution in [1.29, 1.82) is 0 Å². The molecule has 3 heterocycles. The molecule has 0 aromatic carbocycles. The average molecular weight is 194 g/mol. The lowest BCUT2D eigenvalue weighted by Gasteiger charge is -2.39. The first-order valence-corrected chi connectivity index (χ1v) is 5.42. The molecule has 2 bridgehead atoms. The van der Waals surface area contributed by atoms with E-state index in [9.17, 15) is 0 Å². The van der Waals surface area contributed by atoms with Gasteiger partial charge in [0.25, 0.3) is 0 Å². The summed E-state index contributed by atoms with van der Waals surface area (Å²) in [5, 5.41) is 4.23. The highest BCUT2D eigenvalue weighted by Crippen LogP contribution is 2.25. The monoisotopic (exact) mass is 194 g/mol. The Hall–Kier alpha value is -0.830. The van der Waals surface area contributed by atoms with Gasteiger partial charge in [-0.05, 0) is 25.9 Å². The van der Waals surface area contributed by atoms with Crippen molar-refractivity contribution in [2.75, 3.05) is 26.2 Å². The SMILES string of the molecule is C=CCCON=C1CN2CCC1CC2. The first-order chi connectivity index (χ1) is 6.90. The Balaban J connectivity index is 1.82. The quantitative estimate of drug-likeness (QED) is 0.386. The minimum atomic E-state index is 0.666. The summed E-state index contributed by atoms with van der Waals surface area (Å²) in [4.78, 5) is 7.71. The molecule has 3 rings (SSSR count). The molecule has 0 N–H and O–H groups in total. The summed E-state index contributed by atoms with van der Waals surface area (Å²) >= 11 is 0. The molecule has 3 heteroatoms. The summed E-state index contributed by atoms with van der Waals surface area (Å²) in [7, 11) is 0. The highest BCUT2D eigenvalue weighted by molar-refractivity contribution is 5.89. The molecule has 0 aromatic rings. The summed E-state index contributed by atoms with van der Waals surface area (Å²) in [5.41, 5.74) is 1.26. The van der Waals surface area contributed by atoms with E-state index in [1.165, 1.54) is 31.6 Å². The largest absolute Gasteiger partial charge is 0.395 e. The van der Waals surface area contributed by atoms with E-state index >= 15 is 0 Å². The Morgan fingerprint density at radius 2 is 2.29 bits per heavy atom. The van der Waals surface area contributed by atoms with Gasteiger partial charge in [-0.15, -0.1) is 6.58 Å². The van der Waals surface area contributed by atoms with Gasteiger partial charge in [-0.25, -0.2) is 0 Å². The highest BCUT2D eigenvalue weighted by atomic mass is 16.6. The predicted octanol–water partition coefficient (Wildman–Crippen LogP) is 1.66. The number of fused-ring (bicyclic) bond motifs is 3. The lowest BCUT2D eigenvalue weighted by molar-refractivity contribution is 0.134. The molecule has 0 aromatic heterocycles. The van der Waals surface area contributed by atoms with Crippen LogP contribution in [0, 0.1) is 5.92 Å². The summed E-state index contributed by atoms with van der Waals surface area (Å²) in [6.45, 7) is 7.83. The molecule has 0 aliphatic carbocycles. The fourth-order valence-corrected chi connectivity index (χ4v) is 2.15. The van der Waals surface area contributed by atoms with Crippen LogP contribution in [0.4, 0.5) is 0 Å². The molecule has 0 saturated carbocycles. The van der Waals surface area contributed by atoms with Crippen LogP contribution in [0.5, 0.6) is 0 Å². The van der Waals surface area contributed by atoms with Crippen LogP contribution in [0.25, 0.3) is 0 Å². The van der Waals surface area contributed by atoms with Gasteiger partial charge in [0.1, 0.15) is 6.61 Å². The number of piperidine rings is 3. The minimum absolute atomic E-state index is 0.666. The number of rotatable bonds is 4. The van der Waals surface area contributed by atoms with E-state index in [2.05, 4.69) is 16.6 Å². The Morgan fingerprint density at radius 1 is 1.50 bits per heavy atom. The van der Waals surface area contributed by atoms with Crippen LogP contribution < -0.4 is 0 Å². The van der Waals surface area contributed by atoms with Crippen molar-refractivity contribution in [1.82, 2.24) is 4.90 Å². The van der Waals surface area contributed by atoms with Crippen molar-refractivity contribution in [3.05, 3.63) is 12.7 Å². The maximum absolute atomic E-state index is 5.26. The zero-order valence-corrected chi connectivity index (χ0v) is 8.61. The third kappa shape index (κ3) is 2.15. The minimum Gasteiger partial charge on any atom is -0.395 e. The molecule has 3 aliphatic rings. The van der Waals surface area contributed by atoms with E-state index < -0.39 is 0 Å². The highest BCUT2D eigenvalue weighted by Gasteiger charge is 2.31. The molecule has 3 saturated heterocycles. The van der Waals surface area contributed by atoms with Gasteiger partial charge in [-0.1, -0.05) is 11.2 Å². The van der Waals surface area contributed by atoms with E-state index in [1.54, 1.807) is 0 Å². The average Bonchev–Trinajstić information content (AvgIpc) is 2.26. The molecule has 3 fully saturated rings. The molecular formula is C11H18N2O. The predicted molar refractivity (Wildman–Crippen MR) is 57.4 cm³/mol. The fraction of sp³-hybridized carbons (Fsp3) is 0.727. The van der Waals surface area contributed by atoms with E-state index in [1.807, 2.05) is 6.08 Å². The van der Waals surface area contributed by atoms with Crippen molar-refractivity contribution in [2.45, 2.75) is 19.3 Å². The number of nitrogens with zero attached hydrogens (tertiary/aromatic N) is 2. The van der Waals surface area contributed by atoms with Crippen LogP contribution in [-0.2, 0) is 4.84 Å². The van der Waals surface area contributed by atoms with Crippen LogP contribution in [0.15, 0.2) is 17.8 Å². The molecule has 0 amide bonds. The molecule has 0 radical (unpaired) electrons. The maximum Gasteiger partial charge on any atom is 0.120 e. The molecule has 3 aliphatic heterocycles. The zero-order chi connectivity index (χ0) is 9.80. The van der Waals surface area contributed by atoms with Crippen molar-refractivity contribution in [2.24, 2.45) is 11.1 Å². The van der Waals surface area contributed by atoms with Crippen molar-refractivity contribution < 1.29 is 4.84 Å². The second kappa shape index (κ2) is 4.60. The third-order valence-corrected chi connectivity index (χ3v) is 3.04. The van der Waals surface area contributed by atoms with Gasteiger partial charge in [-0.2, -0.15) is 0 Å². The van der Waals surface area contributed by atoms with E-state index in [0.29, 0.717) is 12.5 Å². The van der Waals surface area contributed by atoms with Crippen LogP contribution >= 0.6 is 0 Å². The lowest BCUT2D eigenvalue weighted by atomic mass is 9.87. The lowest BCUT2D eigenvalue weighted by Crippen LogP contribution is -2.47. The van der Waals surface area contributed by atoms with E-state index in [4.69, 9.17) is 4.84 Å². The van der Waals surface area contributed by atoms with Gasteiger partial charge in [0.15, 0.2) is 0 Å². The third-order valence-electron chi connectivity index (χ3n) is 3.04. The standard InChI is InChI=1S/C11H18N2O/c1-2-3-8-14-12-11-9-13-6-4-10(11)5-7-13/h2,10H,1,3-9H2. The van der Waals surface area contributed by atoms with E-state index in [0.717, 1.165) is 13.0 Å². The molecule has 0 atom stereocenters. The topological polar surface area (TPSA) is 24.8 Å². The molecule has 78 valence electrons. The Labute approximate surface area is 85.4 Å². The van der Waals surface area contributed by atoms with Crippen molar-refractivity contribution in [3.63, 3.8) is 0 Å². The van der Waals surface area contributed by atoms with Crippen LogP contribution in [0.1, 0.15) is 19.3 Å². The fourth-order valence-electron chi connectivity index (χ4n) is 2.15. The van der Waals surface area contributed by atoms with Gasteiger partial charge in [0.05, 0.1) is 5.71 Å². The van der Waals surface area contributed by atoms with Crippen molar-refractivity contribution in [3.8, 4) is 0 Å². The smallest absolute Gasteiger partial charge is 0.120 e. The second-order valence-electron chi connectivity index (χ2n) is 4.04. The maximum atomic E-state index is 5.26. The molecular weight excluding hydrogens is 176 g/mol. The Kier molecular flexibility index (Phi) is 3.19. The summed E-state index contributed by atoms with van der Waals surface area (Å²) in [5.74, 6) is 0.698. The number of hydrogen-bond acceptors (Lipinski definition) is 3. The molecule has 0 unspecified atom stereocenters. The van der Waals surface area contributed by atoms with Gasteiger partial charge in [-0.3, -0.25) is 4.90 Å². The second-order valence-corrected chi connectivity index (χ2v) is 4.04. The molecule has 0 spiro atoms. The van der Waals surface area contributed by atoms with Crippen LogP contribution in [0.3, 0.4) is 0 Å². The summed E-state index contributed by atoms with van der Waals surface area (Å²) in [6, 6.07) is 0. The Morgan fingerprint density at radius 3 is 2.86 bits per heavy atom. The van der Waals surface area contributed by atoms with E-state index in [-0.39, 0.29) is 0 Å². The summed E-state index contributed by atoms with van der Waals surface area (Å²) in [6.07, 6.45) is 5.27. The van der Waals surface area contributed by atoms with Crippen LogP contribution in [-0.4, -0.2) is 36.9 Å². The van der Waals surface area contributed by atoms with Gasteiger partial charge in [0.2, 0.25) is 0 Å². The first-order valence-electron chi connectivity index (χ1n) is 5.42. The number of oxime groups is 1. The molecule has 3 nitrogen and oxygen atoms in total. The van der Waals surface area contributed by atoms with Crippen molar-refractivity contribution >= 4 is 5.71 Å². The number of hydrogen-bond donors (Lipinski definition) is 0. The van der Waals surface area contributed by atoms with Gasteiger partial charge < -0.3 is 4.84 Å². The molecule has 14 heavy (non-hydrogen) atoms. The zero-order valence-electron chi connectivity index (χ0n) is 8.61. The summed E-state index contributed by atoms with van der Waals surface area (Å²) < 4.78 is 0. The normalized spacial score (nSPS) is 33.3.